The highest BCUT2D eigenvalue weighted by Crippen LogP contribution is 2.36. The van der Waals surface area contributed by atoms with Gasteiger partial charge in [-0.25, -0.2) is 4.99 Å². The van der Waals surface area contributed by atoms with Crippen LogP contribution in [0.2, 0.25) is 0 Å². The predicted molar refractivity (Wildman–Crippen MR) is 136 cm³/mol. The number of ketones is 1. The van der Waals surface area contributed by atoms with Crippen LogP contribution in [0.3, 0.4) is 0 Å². The Morgan fingerprint density at radius 2 is 1.53 bits per heavy atom. The summed E-state index contributed by atoms with van der Waals surface area (Å²) in [5.74, 6) is -0.112. The van der Waals surface area contributed by atoms with Crippen molar-refractivity contribution in [3.05, 3.63) is 120 Å². The number of para-hydroxylation sites is 2. The van der Waals surface area contributed by atoms with Crippen molar-refractivity contribution in [2.45, 2.75) is 25.2 Å². The highest BCUT2D eigenvalue weighted by atomic mass is 16.3. The molecule has 34 heavy (non-hydrogen) atoms. The highest BCUT2D eigenvalue weighted by molar-refractivity contribution is 6.25. The van der Waals surface area contributed by atoms with E-state index in [-0.39, 0.29) is 35.2 Å². The first-order valence-electron chi connectivity index (χ1n) is 11.4. The maximum atomic E-state index is 13.4. The third-order valence-electron chi connectivity index (χ3n) is 6.37. The Balaban J connectivity index is 1.59. The van der Waals surface area contributed by atoms with E-state index in [2.05, 4.69) is 4.99 Å². The quantitative estimate of drug-likeness (QED) is 0.266. The van der Waals surface area contributed by atoms with Crippen LogP contribution in [0.1, 0.15) is 29.9 Å². The molecule has 0 heterocycles. The maximum Gasteiger partial charge on any atom is 0.168 e. The number of rotatable bonds is 4. The largest absolute Gasteiger partial charge is 0.511 e. The van der Waals surface area contributed by atoms with Crippen LogP contribution in [0, 0.1) is 0 Å². The number of aliphatic hydroxyl groups excluding tert-OH is 1. The normalized spacial score (nSPS) is 18.9. The number of aromatic hydroxyl groups is 1. The van der Waals surface area contributed by atoms with Crippen molar-refractivity contribution in [3.63, 3.8) is 0 Å². The van der Waals surface area contributed by atoms with Crippen molar-refractivity contribution < 1.29 is 15.0 Å². The smallest absolute Gasteiger partial charge is 0.168 e. The van der Waals surface area contributed by atoms with Crippen LogP contribution in [0.15, 0.2) is 113 Å². The lowest BCUT2D eigenvalue weighted by molar-refractivity contribution is -0.115. The summed E-state index contributed by atoms with van der Waals surface area (Å²) in [7, 11) is 0. The summed E-state index contributed by atoms with van der Waals surface area (Å²) in [6, 6.07) is 30.7. The van der Waals surface area contributed by atoms with Crippen LogP contribution in [-0.4, -0.2) is 21.7 Å². The summed E-state index contributed by atoms with van der Waals surface area (Å²) in [6.07, 6.45) is 1.04. The third-order valence-corrected chi connectivity index (χ3v) is 6.37. The molecule has 1 fully saturated rings. The minimum absolute atomic E-state index is 0.0158. The molecule has 1 saturated carbocycles. The van der Waals surface area contributed by atoms with Gasteiger partial charge in [0.15, 0.2) is 5.78 Å². The van der Waals surface area contributed by atoms with Crippen molar-refractivity contribution in [2.75, 3.05) is 0 Å². The zero-order chi connectivity index (χ0) is 23.5. The average Bonchev–Trinajstić information content (AvgIpc) is 2.86. The molecule has 168 valence electrons. The van der Waals surface area contributed by atoms with Gasteiger partial charge < -0.3 is 10.2 Å². The molecule has 1 aliphatic carbocycles. The number of carbonyl (C=O) groups is 1. The second kappa shape index (κ2) is 9.36. The number of aliphatic imine (C=N–C) groups is 1. The van der Waals surface area contributed by atoms with E-state index in [1.54, 1.807) is 24.3 Å². The van der Waals surface area contributed by atoms with E-state index in [9.17, 15) is 15.0 Å². The molecule has 5 rings (SSSR count). The fourth-order valence-electron chi connectivity index (χ4n) is 4.70. The summed E-state index contributed by atoms with van der Waals surface area (Å²) in [4.78, 5) is 18.1. The summed E-state index contributed by atoms with van der Waals surface area (Å²) in [6.45, 7) is 0. The summed E-state index contributed by atoms with van der Waals surface area (Å²) < 4.78 is 0. The van der Waals surface area contributed by atoms with Gasteiger partial charge in [-0.1, -0.05) is 84.9 Å². The minimum Gasteiger partial charge on any atom is -0.511 e. The highest BCUT2D eigenvalue weighted by Gasteiger charge is 2.32. The molecule has 2 N–H and O–H groups in total. The number of fused-ring (bicyclic) bond motifs is 1. The van der Waals surface area contributed by atoms with Gasteiger partial charge in [-0.15, -0.1) is 0 Å². The minimum atomic E-state index is -0.132. The number of benzene rings is 4. The molecule has 1 aliphatic rings. The van der Waals surface area contributed by atoms with Crippen LogP contribution in [0.5, 0.6) is 5.75 Å². The number of carbonyl (C=O) groups excluding carboxylic acids is 1. The molecule has 4 nitrogen and oxygen atoms in total. The van der Waals surface area contributed by atoms with E-state index in [0.717, 1.165) is 21.9 Å². The van der Waals surface area contributed by atoms with E-state index in [1.807, 2.05) is 72.8 Å². The Bertz CT molecular complexity index is 1410. The Morgan fingerprint density at radius 1 is 0.824 bits per heavy atom. The first-order chi connectivity index (χ1) is 16.6. The molecule has 0 spiro atoms. The van der Waals surface area contributed by atoms with Crippen molar-refractivity contribution in [2.24, 2.45) is 4.99 Å². The summed E-state index contributed by atoms with van der Waals surface area (Å²) >= 11 is 0. The van der Waals surface area contributed by atoms with Gasteiger partial charge in [0.2, 0.25) is 0 Å². The van der Waals surface area contributed by atoms with Crippen LogP contribution < -0.4 is 0 Å². The van der Waals surface area contributed by atoms with Gasteiger partial charge in [0.25, 0.3) is 0 Å². The average molecular weight is 448 g/mol. The lowest BCUT2D eigenvalue weighted by Crippen LogP contribution is -2.27. The number of phenols is 1. The van der Waals surface area contributed by atoms with Gasteiger partial charge in [-0.2, -0.15) is 0 Å². The molecule has 1 unspecified atom stereocenters. The van der Waals surface area contributed by atoms with Gasteiger partial charge in [-0.05, 0) is 46.4 Å². The van der Waals surface area contributed by atoms with Crippen molar-refractivity contribution in [1.82, 2.24) is 0 Å². The summed E-state index contributed by atoms with van der Waals surface area (Å²) in [5, 5.41) is 23.7. The molecule has 0 saturated heterocycles. The third kappa shape index (κ3) is 4.35. The van der Waals surface area contributed by atoms with Gasteiger partial charge in [-0.3, -0.25) is 4.79 Å². The molecular weight excluding hydrogens is 422 g/mol. The van der Waals surface area contributed by atoms with Crippen LogP contribution in [-0.2, 0) is 11.2 Å². The van der Waals surface area contributed by atoms with Gasteiger partial charge in [0.1, 0.15) is 17.2 Å². The van der Waals surface area contributed by atoms with E-state index in [4.69, 9.17) is 0 Å². The molecule has 0 radical (unpaired) electrons. The first kappa shape index (κ1) is 21.7. The Hall–Kier alpha value is -4.18. The zero-order valence-electron chi connectivity index (χ0n) is 18.7. The Morgan fingerprint density at radius 3 is 2.35 bits per heavy atom. The number of hydrogen-bond donors (Lipinski definition) is 2. The van der Waals surface area contributed by atoms with Crippen molar-refractivity contribution >= 4 is 28.0 Å². The molecule has 0 aliphatic heterocycles. The summed E-state index contributed by atoms with van der Waals surface area (Å²) in [5.41, 5.74) is 3.17. The predicted octanol–water partition coefficient (Wildman–Crippen LogP) is 6.82. The number of allylic oxidation sites excluding steroid dienone is 2. The standard InChI is InChI=1S/C30H25NO3/c32-27-16-7-6-15-25(27)31-26-17-23(20-9-2-1-3-10-20)19-29(34)30(26)28(33)18-22-13-8-12-21-11-4-5-14-24(21)22/h1-16,23,32-33H,17-19H2/b30-28+,31-26?. The van der Waals surface area contributed by atoms with E-state index >= 15 is 0 Å². The molecule has 1 atom stereocenters. The topological polar surface area (TPSA) is 69.9 Å². The monoisotopic (exact) mass is 447 g/mol. The Kier molecular flexibility index (Phi) is 5.96. The van der Waals surface area contributed by atoms with E-state index in [1.165, 1.54) is 0 Å². The second-order valence-corrected chi connectivity index (χ2v) is 8.62. The van der Waals surface area contributed by atoms with Gasteiger partial charge in [0.05, 0.1) is 11.3 Å². The molecule has 0 bridgehead atoms. The molecule has 4 aromatic carbocycles. The lowest BCUT2D eigenvalue weighted by Gasteiger charge is -2.26. The number of Topliss-reactive ketones (excluding diaryl/α,β-unsaturated/α-hetero) is 1. The van der Waals surface area contributed by atoms with Crippen LogP contribution in [0.25, 0.3) is 10.8 Å². The maximum absolute atomic E-state index is 13.4. The number of aliphatic hydroxyl groups is 1. The first-order valence-corrected chi connectivity index (χ1v) is 11.4. The molecule has 4 aromatic rings. The second-order valence-electron chi connectivity index (χ2n) is 8.62. The number of phenolic OH excluding ortho intramolecular Hbond substituents is 1. The fraction of sp³-hybridized carbons (Fsp3) is 0.133. The van der Waals surface area contributed by atoms with Crippen LogP contribution >= 0.6 is 0 Å². The zero-order valence-corrected chi connectivity index (χ0v) is 18.7. The van der Waals surface area contributed by atoms with Crippen molar-refractivity contribution in [1.29, 1.82) is 0 Å². The van der Waals surface area contributed by atoms with Crippen LogP contribution in [0.4, 0.5) is 5.69 Å². The molecule has 4 heteroatoms. The van der Waals surface area contributed by atoms with Crippen molar-refractivity contribution in [3.8, 4) is 5.75 Å². The van der Waals surface area contributed by atoms with Gasteiger partial charge >= 0.3 is 0 Å². The lowest BCUT2D eigenvalue weighted by atomic mass is 9.78. The number of hydrogen-bond acceptors (Lipinski definition) is 4. The fourth-order valence-corrected chi connectivity index (χ4v) is 4.70. The molecular formula is C30H25NO3. The molecule has 0 amide bonds. The SMILES string of the molecule is O=C1CC(c2ccccc2)CC(=Nc2ccccc2O)/C1=C(\O)Cc1cccc2ccccc12. The van der Waals surface area contributed by atoms with E-state index < -0.39 is 0 Å². The van der Waals surface area contributed by atoms with Gasteiger partial charge in [0, 0.05) is 12.8 Å². The van der Waals surface area contributed by atoms with E-state index in [0.29, 0.717) is 24.2 Å². The number of nitrogens with zero attached hydrogens (tertiary/aromatic N) is 1. The molecule has 0 aromatic heterocycles. The Labute approximate surface area is 198 Å².